The van der Waals surface area contributed by atoms with Crippen LogP contribution in [0.15, 0.2) is 53.4 Å². The number of thioether (sulfide) groups is 1. The van der Waals surface area contributed by atoms with Crippen LogP contribution in [0.1, 0.15) is 6.42 Å². The van der Waals surface area contributed by atoms with Gasteiger partial charge in [0.15, 0.2) is 6.10 Å². The van der Waals surface area contributed by atoms with Crippen molar-refractivity contribution >= 4 is 40.9 Å². The summed E-state index contributed by atoms with van der Waals surface area (Å²) in [6.45, 7) is 0.261. The molecule has 3 rings (SSSR count). The maximum absolute atomic E-state index is 12.0. The van der Waals surface area contributed by atoms with Crippen LogP contribution in [0, 0.1) is 0 Å². The van der Waals surface area contributed by atoms with Gasteiger partial charge in [-0.05, 0) is 36.4 Å². The van der Waals surface area contributed by atoms with Crippen molar-refractivity contribution in [1.29, 1.82) is 0 Å². The van der Waals surface area contributed by atoms with Gasteiger partial charge in [0.1, 0.15) is 12.4 Å². The Bertz CT molecular complexity index is 766. The van der Waals surface area contributed by atoms with Crippen molar-refractivity contribution in [3.05, 3.63) is 53.6 Å². The molecule has 5 nitrogen and oxygen atoms in total. The molecular formula is C18H16ClNO4S. The minimum Gasteiger partial charge on any atom is -0.478 e. The van der Waals surface area contributed by atoms with Gasteiger partial charge in [0.25, 0.3) is 5.91 Å². The van der Waals surface area contributed by atoms with Crippen LogP contribution >= 0.6 is 23.4 Å². The Balaban J connectivity index is 1.42. The third kappa shape index (κ3) is 4.90. The molecule has 0 aliphatic carbocycles. The summed E-state index contributed by atoms with van der Waals surface area (Å²) in [7, 11) is 0. The zero-order valence-corrected chi connectivity index (χ0v) is 14.8. The van der Waals surface area contributed by atoms with Crippen molar-refractivity contribution in [2.24, 2.45) is 0 Å². The molecule has 2 aromatic carbocycles. The van der Waals surface area contributed by atoms with Crippen molar-refractivity contribution in [2.75, 3.05) is 17.7 Å². The monoisotopic (exact) mass is 377 g/mol. The smallest absolute Gasteiger partial charge is 0.310 e. The summed E-state index contributed by atoms with van der Waals surface area (Å²) in [5, 5.41) is 3.41. The van der Waals surface area contributed by atoms with Crippen molar-refractivity contribution in [1.82, 2.24) is 0 Å². The number of fused-ring (bicyclic) bond motifs is 1. The van der Waals surface area contributed by atoms with Crippen LogP contribution in [-0.4, -0.2) is 30.3 Å². The summed E-state index contributed by atoms with van der Waals surface area (Å²) in [5.74, 6) is 0.370. The SMILES string of the molecule is O=C(C[C@H]1Oc2ccccc2NC1=O)OCCSc1ccc(Cl)cc1. The number of ether oxygens (including phenoxy) is 2. The molecule has 0 unspecified atom stereocenters. The van der Waals surface area contributed by atoms with E-state index in [1.807, 2.05) is 24.3 Å². The van der Waals surface area contributed by atoms with Gasteiger partial charge in [-0.15, -0.1) is 11.8 Å². The number of benzene rings is 2. The van der Waals surface area contributed by atoms with Gasteiger partial charge in [-0.1, -0.05) is 23.7 Å². The molecule has 7 heteroatoms. The van der Waals surface area contributed by atoms with Gasteiger partial charge >= 0.3 is 5.97 Å². The van der Waals surface area contributed by atoms with E-state index in [0.29, 0.717) is 22.2 Å². The number of hydrogen-bond donors (Lipinski definition) is 1. The first-order valence-corrected chi connectivity index (χ1v) is 9.09. The Labute approximate surface area is 154 Å². The Morgan fingerprint density at radius 2 is 1.96 bits per heavy atom. The number of nitrogens with one attached hydrogen (secondary N) is 1. The van der Waals surface area contributed by atoms with Crippen molar-refractivity contribution < 1.29 is 19.1 Å². The fraction of sp³-hybridized carbons (Fsp3) is 0.222. The van der Waals surface area contributed by atoms with Gasteiger partial charge in [-0.25, -0.2) is 0 Å². The Morgan fingerprint density at radius 3 is 2.76 bits per heavy atom. The second-order valence-electron chi connectivity index (χ2n) is 5.32. The summed E-state index contributed by atoms with van der Waals surface area (Å²) in [4.78, 5) is 24.9. The minimum atomic E-state index is -0.869. The van der Waals surface area contributed by atoms with Crippen LogP contribution in [-0.2, 0) is 14.3 Å². The van der Waals surface area contributed by atoms with E-state index in [9.17, 15) is 9.59 Å². The van der Waals surface area contributed by atoms with E-state index in [0.717, 1.165) is 4.90 Å². The van der Waals surface area contributed by atoms with Gasteiger partial charge in [-0.3, -0.25) is 9.59 Å². The van der Waals surface area contributed by atoms with E-state index in [2.05, 4.69) is 5.32 Å². The first-order chi connectivity index (χ1) is 12.1. The molecule has 130 valence electrons. The van der Waals surface area contributed by atoms with Gasteiger partial charge in [0.2, 0.25) is 0 Å². The normalized spacial score (nSPS) is 15.7. The average molecular weight is 378 g/mol. The lowest BCUT2D eigenvalue weighted by Crippen LogP contribution is -2.38. The summed E-state index contributed by atoms with van der Waals surface area (Å²) in [6, 6.07) is 14.5. The van der Waals surface area contributed by atoms with Crippen molar-refractivity contribution in [3.8, 4) is 5.75 Å². The molecule has 2 aromatic rings. The molecule has 1 amide bonds. The van der Waals surface area contributed by atoms with E-state index >= 15 is 0 Å². The number of para-hydroxylation sites is 2. The molecule has 1 aliphatic rings. The Kier molecular flexibility index (Phi) is 5.83. The van der Waals surface area contributed by atoms with Crippen LogP contribution in [0.25, 0.3) is 0 Å². The van der Waals surface area contributed by atoms with E-state index in [-0.39, 0.29) is 18.9 Å². The zero-order valence-electron chi connectivity index (χ0n) is 13.2. The maximum Gasteiger partial charge on any atom is 0.310 e. The molecule has 1 atom stereocenters. The highest BCUT2D eigenvalue weighted by molar-refractivity contribution is 7.99. The standard InChI is InChI=1S/C18H16ClNO4S/c19-12-5-7-13(8-6-12)25-10-9-23-17(21)11-16-18(22)20-14-3-1-2-4-15(14)24-16/h1-8,16H,9-11H2,(H,20,22)/t16-/m1/s1. The summed E-state index contributed by atoms with van der Waals surface area (Å²) >= 11 is 7.39. The number of esters is 1. The van der Waals surface area contributed by atoms with Crippen LogP contribution in [0.4, 0.5) is 5.69 Å². The Morgan fingerprint density at radius 1 is 1.20 bits per heavy atom. The van der Waals surface area contributed by atoms with Crippen LogP contribution < -0.4 is 10.1 Å². The van der Waals surface area contributed by atoms with E-state index in [4.69, 9.17) is 21.1 Å². The fourth-order valence-electron chi connectivity index (χ4n) is 2.28. The highest BCUT2D eigenvalue weighted by Gasteiger charge is 2.30. The lowest BCUT2D eigenvalue weighted by molar-refractivity contribution is -0.147. The third-order valence-corrected chi connectivity index (χ3v) is 4.72. The summed E-state index contributed by atoms with van der Waals surface area (Å²) < 4.78 is 10.8. The first-order valence-electron chi connectivity index (χ1n) is 7.72. The van der Waals surface area contributed by atoms with Gasteiger partial charge in [-0.2, -0.15) is 0 Å². The second-order valence-corrected chi connectivity index (χ2v) is 6.92. The third-order valence-electron chi connectivity index (χ3n) is 3.49. The molecule has 0 spiro atoms. The number of anilines is 1. The first kappa shape index (κ1) is 17.6. The quantitative estimate of drug-likeness (QED) is 0.471. The number of carbonyl (C=O) groups is 2. The maximum atomic E-state index is 12.0. The molecule has 0 radical (unpaired) electrons. The summed E-state index contributed by atoms with van der Waals surface area (Å²) in [5.41, 5.74) is 0.608. The predicted octanol–water partition coefficient (Wildman–Crippen LogP) is 3.77. The van der Waals surface area contributed by atoms with Crippen LogP contribution in [0.2, 0.25) is 5.02 Å². The topological polar surface area (TPSA) is 64.6 Å². The highest BCUT2D eigenvalue weighted by Crippen LogP contribution is 2.29. The zero-order chi connectivity index (χ0) is 17.6. The number of amides is 1. The molecule has 1 heterocycles. The second kappa shape index (κ2) is 8.27. The number of hydrogen-bond acceptors (Lipinski definition) is 5. The van der Waals surface area contributed by atoms with E-state index in [1.165, 1.54) is 0 Å². The number of carbonyl (C=O) groups excluding carboxylic acids is 2. The van der Waals surface area contributed by atoms with Gasteiger partial charge in [0.05, 0.1) is 12.1 Å². The molecule has 0 saturated heterocycles. The number of halogens is 1. The van der Waals surface area contributed by atoms with Crippen LogP contribution in [0.3, 0.4) is 0 Å². The van der Waals surface area contributed by atoms with Crippen molar-refractivity contribution in [3.63, 3.8) is 0 Å². The van der Waals surface area contributed by atoms with Gasteiger partial charge < -0.3 is 14.8 Å². The lowest BCUT2D eigenvalue weighted by Gasteiger charge is -2.25. The Hall–Kier alpha value is -2.18. The van der Waals surface area contributed by atoms with Crippen LogP contribution in [0.5, 0.6) is 5.75 Å². The lowest BCUT2D eigenvalue weighted by atomic mass is 10.1. The molecule has 0 bridgehead atoms. The number of rotatable bonds is 6. The van der Waals surface area contributed by atoms with E-state index in [1.54, 1.807) is 36.0 Å². The molecule has 25 heavy (non-hydrogen) atoms. The molecule has 0 saturated carbocycles. The summed E-state index contributed by atoms with van der Waals surface area (Å²) in [6.07, 6.45) is -0.988. The molecular weight excluding hydrogens is 362 g/mol. The molecule has 1 N–H and O–H groups in total. The van der Waals surface area contributed by atoms with Crippen molar-refractivity contribution in [2.45, 2.75) is 17.4 Å². The predicted molar refractivity (Wildman–Crippen MR) is 97.2 cm³/mol. The molecule has 1 aliphatic heterocycles. The van der Waals surface area contributed by atoms with E-state index < -0.39 is 12.1 Å². The van der Waals surface area contributed by atoms with Gasteiger partial charge in [0, 0.05) is 15.7 Å². The highest BCUT2D eigenvalue weighted by atomic mass is 35.5. The fourth-order valence-corrected chi connectivity index (χ4v) is 3.14. The molecule has 0 fully saturated rings. The molecule has 0 aromatic heterocycles. The largest absolute Gasteiger partial charge is 0.478 e. The average Bonchev–Trinajstić information content (AvgIpc) is 2.61. The minimum absolute atomic E-state index is 0.119.